The zero-order valence-corrected chi connectivity index (χ0v) is 21.1. The zero-order chi connectivity index (χ0) is 23.4. The van der Waals surface area contributed by atoms with Gasteiger partial charge in [-0.15, -0.1) is 11.3 Å². The topological polar surface area (TPSA) is 66.8 Å². The van der Waals surface area contributed by atoms with Crippen molar-refractivity contribution >= 4 is 33.3 Å². The molecular weight excluding hydrogens is 442 g/mol. The van der Waals surface area contributed by atoms with Crippen molar-refractivity contribution in [1.29, 1.82) is 0 Å². The molecule has 1 aromatic carbocycles. The van der Waals surface area contributed by atoms with Gasteiger partial charge in [0.25, 0.3) is 5.56 Å². The Morgan fingerprint density at radius 2 is 1.88 bits per heavy atom. The maximum absolute atomic E-state index is 13.0. The molecule has 1 aliphatic heterocycles. The van der Waals surface area contributed by atoms with Crippen LogP contribution in [0.4, 0.5) is 0 Å². The van der Waals surface area contributed by atoms with E-state index < -0.39 is 0 Å². The summed E-state index contributed by atoms with van der Waals surface area (Å²) in [5, 5.41) is 0.761. The minimum absolute atomic E-state index is 0.0362. The molecule has 3 aromatic heterocycles. The van der Waals surface area contributed by atoms with E-state index in [2.05, 4.69) is 58.4 Å². The Morgan fingerprint density at radius 3 is 2.68 bits per heavy atom. The maximum atomic E-state index is 13.0. The van der Waals surface area contributed by atoms with Gasteiger partial charge in [-0.25, -0.2) is 9.97 Å². The fraction of sp³-hybridized carbons (Fsp3) is 0.519. The number of likely N-dealkylation sites (tertiary alicyclic amines) is 1. The number of hydrogen-bond donors (Lipinski definition) is 1. The molecule has 4 heterocycles. The van der Waals surface area contributed by atoms with Gasteiger partial charge in [-0.3, -0.25) is 9.69 Å². The van der Waals surface area contributed by atoms with Gasteiger partial charge in [-0.2, -0.15) is 0 Å². The second kappa shape index (κ2) is 8.31. The Balaban J connectivity index is 1.46. The highest BCUT2D eigenvalue weighted by molar-refractivity contribution is 7.17. The first-order chi connectivity index (χ1) is 16.4. The van der Waals surface area contributed by atoms with Gasteiger partial charge in [0.1, 0.15) is 0 Å². The van der Waals surface area contributed by atoms with Crippen LogP contribution in [0.3, 0.4) is 0 Å². The van der Waals surface area contributed by atoms with Crippen molar-refractivity contribution in [3.63, 3.8) is 0 Å². The van der Waals surface area contributed by atoms with Crippen LogP contribution in [0.2, 0.25) is 0 Å². The van der Waals surface area contributed by atoms with Crippen molar-refractivity contribution in [2.24, 2.45) is 0 Å². The molecule has 0 radical (unpaired) electrons. The molecule has 7 heteroatoms. The number of aromatic amines is 1. The molecule has 0 spiro atoms. The number of H-pyrrole nitrogens is 1. The number of nitrogens with one attached hydrogen (secondary N) is 1. The Kier molecular flexibility index (Phi) is 5.37. The van der Waals surface area contributed by atoms with Gasteiger partial charge in [-0.05, 0) is 70.7 Å². The molecule has 2 fully saturated rings. The highest BCUT2D eigenvalue weighted by Gasteiger charge is 2.36. The van der Waals surface area contributed by atoms with E-state index in [0.717, 1.165) is 51.1 Å². The van der Waals surface area contributed by atoms with Gasteiger partial charge in [0, 0.05) is 22.5 Å². The zero-order valence-electron chi connectivity index (χ0n) is 20.3. The van der Waals surface area contributed by atoms with Crippen molar-refractivity contribution in [1.82, 2.24) is 24.4 Å². The Labute approximate surface area is 204 Å². The lowest BCUT2D eigenvalue weighted by Gasteiger charge is -2.36. The van der Waals surface area contributed by atoms with E-state index in [1.54, 1.807) is 11.3 Å². The lowest BCUT2D eigenvalue weighted by molar-refractivity contribution is 0.124. The van der Waals surface area contributed by atoms with Crippen LogP contribution in [0.5, 0.6) is 0 Å². The molecular formula is C27H33N5OS. The van der Waals surface area contributed by atoms with Gasteiger partial charge in [0.05, 0.1) is 39.5 Å². The van der Waals surface area contributed by atoms with Crippen molar-refractivity contribution in [2.45, 2.75) is 83.3 Å². The van der Waals surface area contributed by atoms with Crippen LogP contribution in [0.15, 0.2) is 35.6 Å². The predicted octanol–water partition coefficient (Wildman–Crippen LogP) is 6.44. The van der Waals surface area contributed by atoms with Crippen molar-refractivity contribution < 1.29 is 0 Å². The molecule has 4 aromatic rings. The second-order valence-electron chi connectivity index (χ2n) is 10.9. The molecule has 0 bridgehead atoms. The normalized spacial score (nSPS) is 20.6. The summed E-state index contributed by atoms with van der Waals surface area (Å²) in [6, 6.07) is 7.40. The molecule has 6 rings (SSSR count). The van der Waals surface area contributed by atoms with Gasteiger partial charge in [0.15, 0.2) is 0 Å². The molecule has 1 saturated carbocycles. The van der Waals surface area contributed by atoms with Crippen molar-refractivity contribution in [3.05, 3.63) is 46.1 Å². The number of imidazole rings is 1. The van der Waals surface area contributed by atoms with Crippen molar-refractivity contribution in [3.8, 4) is 10.4 Å². The fourth-order valence-corrected chi connectivity index (χ4v) is 7.49. The highest BCUT2D eigenvalue weighted by Crippen LogP contribution is 2.46. The maximum Gasteiger partial charge on any atom is 0.259 e. The number of hydrogen-bond acceptors (Lipinski definition) is 5. The smallest absolute Gasteiger partial charge is 0.259 e. The van der Waals surface area contributed by atoms with Crippen molar-refractivity contribution in [2.75, 3.05) is 6.54 Å². The summed E-state index contributed by atoms with van der Waals surface area (Å²) in [6.45, 7) is 7.86. The fourth-order valence-electron chi connectivity index (χ4n) is 6.11. The van der Waals surface area contributed by atoms with Gasteiger partial charge in [0.2, 0.25) is 0 Å². The van der Waals surface area contributed by atoms with Gasteiger partial charge in [-0.1, -0.05) is 25.3 Å². The molecule has 6 nitrogen and oxygen atoms in total. The third kappa shape index (κ3) is 3.60. The largest absolute Gasteiger partial charge is 0.327 e. The molecule has 1 aliphatic carbocycles. The van der Waals surface area contributed by atoms with Crippen LogP contribution < -0.4 is 5.56 Å². The van der Waals surface area contributed by atoms with Crippen LogP contribution in [0, 0.1) is 0 Å². The van der Waals surface area contributed by atoms with E-state index in [-0.39, 0.29) is 17.1 Å². The summed E-state index contributed by atoms with van der Waals surface area (Å²) < 4.78 is 2.37. The highest BCUT2D eigenvalue weighted by atomic mass is 32.1. The number of nitrogens with zero attached hydrogens (tertiary/aromatic N) is 4. The minimum atomic E-state index is -0.0362. The quantitative estimate of drug-likeness (QED) is 0.370. The lowest BCUT2D eigenvalue weighted by atomic mass is 9.95. The van der Waals surface area contributed by atoms with Crippen LogP contribution in [0.1, 0.15) is 82.7 Å². The summed E-state index contributed by atoms with van der Waals surface area (Å²) in [5.41, 5.74) is 4.16. The lowest BCUT2D eigenvalue weighted by Crippen LogP contribution is -2.40. The summed E-state index contributed by atoms with van der Waals surface area (Å²) in [5.74, 6) is 0. The van der Waals surface area contributed by atoms with E-state index >= 15 is 0 Å². The van der Waals surface area contributed by atoms with E-state index in [9.17, 15) is 4.79 Å². The van der Waals surface area contributed by atoms with Crippen LogP contribution >= 0.6 is 11.3 Å². The number of aromatic nitrogens is 4. The second-order valence-corrected chi connectivity index (χ2v) is 12.0. The first kappa shape index (κ1) is 22.0. The third-order valence-electron chi connectivity index (χ3n) is 7.75. The molecule has 34 heavy (non-hydrogen) atoms. The molecule has 0 amide bonds. The molecule has 178 valence electrons. The van der Waals surface area contributed by atoms with E-state index in [4.69, 9.17) is 4.98 Å². The number of fused-ring (bicyclic) bond motifs is 2. The van der Waals surface area contributed by atoms with E-state index in [0.29, 0.717) is 6.04 Å². The average Bonchev–Trinajstić information content (AvgIpc) is 3.55. The Morgan fingerprint density at radius 1 is 1.06 bits per heavy atom. The predicted molar refractivity (Wildman–Crippen MR) is 140 cm³/mol. The summed E-state index contributed by atoms with van der Waals surface area (Å²) in [4.78, 5) is 30.1. The van der Waals surface area contributed by atoms with Crippen LogP contribution in [-0.4, -0.2) is 36.5 Å². The molecule has 1 unspecified atom stereocenters. The number of rotatable bonds is 3. The third-order valence-corrected chi connectivity index (χ3v) is 9.08. The molecule has 1 saturated heterocycles. The van der Waals surface area contributed by atoms with E-state index in [1.165, 1.54) is 43.9 Å². The number of thiophene rings is 1. The SMILES string of the molecule is CC(C)(C)N1CCCC1c1sc(-c2ccc3c(c2)ncn3C2CCCCC2)c2nc[nH]c(=O)c12. The van der Waals surface area contributed by atoms with Crippen LogP contribution in [-0.2, 0) is 0 Å². The average molecular weight is 476 g/mol. The summed E-state index contributed by atoms with van der Waals surface area (Å²) >= 11 is 1.74. The summed E-state index contributed by atoms with van der Waals surface area (Å²) in [6.07, 6.45) is 12.2. The monoisotopic (exact) mass is 475 g/mol. The standard InChI is InChI=1S/C27H33N5OS/c1-27(2,3)32-13-7-10-21(32)25-22-23(28-15-29-26(22)33)24(34-25)17-11-12-20-19(14-17)30-16-31(20)18-8-5-4-6-9-18/h11-12,14-16,18,21H,4-10,13H2,1-3H3,(H,28,29,33). The Bertz CT molecular complexity index is 1400. The van der Waals surface area contributed by atoms with Gasteiger partial charge >= 0.3 is 0 Å². The Hall–Kier alpha value is -2.51. The first-order valence-corrected chi connectivity index (χ1v) is 13.5. The summed E-state index contributed by atoms with van der Waals surface area (Å²) in [7, 11) is 0. The molecule has 1 atom stereocenters. The van der Waals surface area contributed by atoms with E-state index in [1.807, 2.05) is 6.33 Å². The first-order valence-electron chi connectivity index (χ1n) is 12.7. The van der Waals surface area contributed by atoms with Gasteiger partial charge < -0.3 is 9.55 Å². The molecule has 2 aliphatic rings. The molecule has 1 N–H and O–H groups in total. The minimum Gasteiger partial charge on any atom is -0.327 e. The van der Waals surface area contributed by atoms with Crippen LogP contribution in [0.25, 0.3) is 32.4 Å². The number of benzene rings is 1.